The van der Waals surface area contributed by atoms with Crippen LogP contribution in [-0.2, 0) is 7.05 Å². The van der Waals surface area contributed by atoms with Crippen molar-refractivity contribution >= 4 is 16.7 Å². The Morgan fingerprint density at radius 1 is 1.47 bits per heavy atom. The van der Waals surface area contributed by atoms with Gasteiger partial charge >= 0.3 is 0 Å². The molecule has 4 nitrogen and oxygen atoms in total. The first-order chi connectivity index (χ1) is 8.31. The van der Waals surface area contributed by atoms with E-state index >= 15 is 0 Å². The molecule has 0 aliphatic carbocycles. The fourth-order valence-electron chi connectivity index (χ4n) is 2.80. The molecule has 0 amide bonds. The van der Waals surface area contributed by atoms with Crippen molar-refractivity contribution in [2.24, 2.45) is 12.8 Å². The van der Waals surface area contributed by atoms with Crippen LogP contribution < -0.4 is 10.6 Å². The largest absolute Gasteiger partial charge is 0.367 e. The van der Waals surface area contributed by atoms with Gasteiger partial charge in [0.1, 0.15) is 5.65 Å². The van der Waals surface area contributed by atoms with E-state index in [2.05, 4.69) is 32.8 Å². The summed E-state index contributed by atoms with van der Waals surface area (Å²) in [5.41, 5.74) is 8.18. The lowest BCUT2D eigenvalue weighted by Gasteiger charge is -2.26. The molecule has 0 spiro atoms. The van der Waals surface area contributed by atoms with Crippen LogP contribution in [0.4, 0.5) is 5.69 Å². The second kappa shape index (κ2) is 4.04. The van der Waals surface area contributed by atoms with Crippen molar-refractivity contribution in [2.75, 3.05) is 18.0 Å². The number of fused-ring (bicyclic) bond motifs is 1. The zero-order valence-electron chi connectivity index (χ0n) is 10.1. The maximum absolute atomic E-state index is 5.85. The lowest BCUT2D eigenvalue weighted by molar-refractivity contribution is 0.678. The zero-order valence-corrected chi connectivity index (χ0v) is 10.1. The molecule has 3 rings (SSSR count). The van der Waals surface area contributed by atoms with Crippen LogP contribution in [0, 0.1) is 0 Å². The molecule has 17 heavy (non-hydrogen) atoms. The number of aryl methyl sites for hydroxylation is 1. The highest BCUT2D eigenvalue weighted by Crippen LogP contribution is 2.31. The molecule has 0 bridgehead atoms. The van der Waals surface area contributed by atoms with E-state index < -0.39 is 0 Å². The molecule has 2 N–H and O–H groups in total. The number of hydrogen-bond acceptors (Lipinski definition) is 3. The van der Waals surface area contributed by atoms with E-state index in [1.54, 1.807) is 0 Å². The molecule has 1 saturated heterocycles. The summed E-state index contributed by atoms with van der Waals surface area (Å²) in [7, 11) is 2.03. The molecule has 0 radical (unpaired) electrons. The van der Waals surface area contributed by atoms with Gasteiger partial charge in [0.15, 0.2) is 0 Å². The van der Waals surface area contributed by atoms with Crippen molar-refractivity contribution in [2.45, 2.75) is 18.9 Å². The van der Waals surface area contributed by atoms with Gasteiger partial charge in [-0.15, -0.1) is 0 Å². The lowest BCUT2D eigenvalue weighted by Crippen LogP contribution is -2.35. The predicted molar refractivity (Wildman–Crippen MR) is 70.1 cm³/mol. The summed E-state index contributed by atoms with van der Waals surface area (Å²) in [5.74, 6) is 0. The maximum Gasteiger partial charge on any atom is 0.141 e. The Morgan fingerprint density at radius 3 is 3.18 bits per heavy atom. The quantitative estimate of drug-likeness (QED) is 0.850. The third-order valence-corrected chi connectivity index (χ3v) is 3.70. The van der Waals surface area contributed by atoms with Crippen LogP contribution in [0.1, 0.15) is 12.8 Å². The van der Waals surface area contributed by atoms with E-state index in [0.29, 0.717) is 6.04 Å². The van der Waals surface area contributed by atoms with Crippen LogP contribution in [0.5, 0.6) is 0 Å². The third kappa shape index (κ3) is 1.60. The molecule has 1 aliphatic heterocycles. The van der Waals surface area contributed by atoms with Crippen molar-refractivity contribution in [1.29, 1.82) is 0 Å². The molecule has 1 fully saturated rings. The number of hydrogen-bond donors (Lipinski definition) is 1. The molecule has 0 saturated carbocycles. The highest BCUT2D eigenvalue weighted by molar-refractivity contribution is 5.90. The summed E-state index contributed by atoms with van der Waals surface area (Å²) < 4.78 is 2.06. The van der Waals surface area contributed by atoms with E-state index in [1.807, 2.05) is 13.2 Å². The SMILES string of the molecule is Cn1ccc2c(N3CCCC3CN)ccnc21. The van der Waals surface area contributed by atoms with Gasteiger partial charge in [-0.05, 0) is 25.0 Å². The number of nitrogens with zero attached hydrogens (tertiary/aromatic N) is 3. The fourth-order valence-corrected chi connectivity index (χ4v) is 2.80. The third-order valence-electron chi connectivity index (χ3n) is 3.70. The van der Waals surface area contributed by atoms with E-state index in [4.69, 9.17) is 5.73 Å². The minimum absolute atomic E-state index is 0.487. The van der Waals surface area contributed by atoms with Crippen molar-refractivity contribution in [3.63, 3.8) is 0 Å². The molecule has 1 atom stereocenters. The first-order valence-electron chi connectivity index (χ1n) is 6.18. The summed E-state index contributed by atoms with van der Waals surface area (Å²) in [5, 5.41) is 1.23. The Kier molecular flexibility index (Phi) is 2.52. The second-order valence-electron chi connectivity index (χ2n) is 4.72. The van der Waals surface area contributed by atoms with Gasteiger partial charge in [-0.25, -0.2) is 4.98 Å². The average Bonchev–Trinajstić information content (AvgIpc) is 2.96. The normalized spacial score (nSPS) is 20.4. The monoisotopic (exact) mass is 230 g/mol. The van der Waals surface area contributed by atoms with Crippen molar-refractivity contribution in [3.8, 4) is 0 Å². The van der Waals surface area contributed by atoms with Gasteiger partial charge < -0.3 is 15.2 Å². The summed E-state index contributed by atoms with van der Waals surface area (Å²) in [4.78, 5) is 6.86. The Morgan fingerprint density at radius 2 is 2.35 bits per heavy atom. The Bertz CT molecular complexity index is 531. The van der Waals surface area contributed by atoms with Gasteiger partial charge in [0.25, 0.3) is 0 Å². The summed E-state index contributed by atoms with van der Waals surface area (Å²) in [6.45, 7) is 1.84. The van der Waals surface area contributed by atoms with Crippen molar-refractivity contribution in [1.82, 2.24) is 9.55 Å². The van der Waals surface area contributed by atoms with Crippen LogP contribution >= 0.6 is 0 Å². The second-order valence-corrected chi connectivity index (χ2v) is 4.72. The van der Waals surface area contributed by atoms with E-state index in [0.717, 1.165) is 18.7 Å². The lowest BCUT2D eigenvalue weighted by atomic mass is 10.2. The zero-order chi connectivity index (χ0) is 11.8. The first kappa shape index (κ1) is 10.6. The predicted octanol–water partition coefficient (Wildman–Crippen LogP) is 1.50. The van der Waals surface area contributed by atoms with Gasteiger partial charge in [0.2, 0.25) is 0 Å². The van der Waals surface area contributed by atoms with Crippen LogP contribution in [0.15, 0.2) is 24.5 Å². The van der Waals surface area contributed by atoms with Gasteiger partial charge in [-0.1, -0.05) is 0 Å². The summed E-state index contributed by atoms with van der Waals surface area (Å²) in [6, 6.07) is 4.74. The standard InChI is InChI=1S/C13H18N4/c1-16-8-5-11-12(4-6-15-13(11)16)17-7-2-3-10(17)9-14/h4-6,8,10H,2-3,7,9,14H2,1H3. The molecular weight excluding hydrogens is 212 g/mol. The number of nitrogens with two attached hydrogens (primary N) is 1. The number of aromatic nitrogens is 2. The van der Waals surface area contributed by atoms with Crippen LogP contribution in [0.2, 0.25) is 0 Å². The number of anilines is 1. The molecule has 4 heteroatoms. The number of rotatable bonds is 2. The molecule has 0 aromatic carbocycles. The molecule has 2 aromatic heterocycles. The maximum atomic E-state index is 5.85. The van der Waals surface area contributed by atoms with Gasteiger partial charge in [-0.2, -0.15) is 0 Å². The molecular formula is C13H18N4. The first-order valence-corrected chi connectivity index (χ1v) is 6.18. The highest BCUT2D eigenvalue weighted by Gasteiger charge is 2.25. The topological polar surface area (TPSA) is 47.1 Å². The van der Waals surface area contributed by atoms with Gasteiger partial charge in [0.05, 0.1) is 0 Å². The van der Waals surface area contributed by atoms with Gasteiger partial charge in [0, 0.05) is 49.6 Å². The van der Waals surface area contributed by atoms with Gasteiger partial charge in [-0.3, -0.25) is 0 Å². The molecule has 2 aromatic rings. The van der Waals surface area contributed by atoms with E-state index in [-0.39, 0.29) is 0 Å². The molecule has 90 valence electrons. The van der Waals surface area contributed by atoms with Crippen LogP contribution in [0.25, 0.3) is 11.0 Å². The number of pyridine rings is 1. The summed E-state index contributed by atoms with van der Waals surface area (Å²) >= 11 is 0. The minimum Gasteiger partial charge on any atom is -0.367 e. The van der Waals surface area contributed by atoms with Crippen molar-refractivity contribution in [3.05, 3.63) is 24.5 Å². The Labute approximate surface area is 101 Å². The minimum atomic E-state index is 0.487. The Hall–Kier alpha value is -1.55. The summed E-state index contributed by atoms with van der Waals surface area (Å²) in [6.07, 6.45) is 6.39. The average molecular weight is 230 g/mol. The smallest absolute Gasteiger partial charge is 0.141 e. The molecule has 1 aliphatic rings. The Balaban J connectivity index is 2.10. The van der Waals surface area contributed by atoms with E-state index in [1.165, 1.54) is 23.9 Å². The van der Waals surface area contributed by atoms with Crippen LogP contribution in [-0.4, -0.2) is 28.7 Å². The molecule has 1 unspecified atom stereocenters. The van der Waals surface area contributed by atoms with Crippen LogP contribution in [0.3, 0.4) is 0 Å². The fraction of sp³-hybridized carbons (Fsp3) is 0.462. The van der Waals surface area contributed by atoms with E-state index in [9.17, 15) is 0 Å². The highest BCUT2D eigenvalue weighted by atomic mass is 15.2. The van der Waals surface area contributed by atoms with Crippen molar-refractivity contribution < 1.29 is 0 Å². The molecule has 3 heterocycles.